The first-order valence-electron chi connectivity index (χ1n) is 7.18. The van der Waals surface area contributed by atoms with Crippen LogP contribution in [0.15, 0.2) is 39.8 Å². The Hall–Kier alpha value is -1.40. The van der Waals surface area contributed by atoms with Crippen LogP contribution in [0.1, 0.15) is 18.6 Å². The van der Waals surface area contributed by atoms with Gasteiger partial charge in [0.25, 0.3) is 0 Å². The average molecular weight is 351 g/mol. The molecule has 0 radical (unpaired) electrons. The molecule has 112 valence electrons. The van der Waals surface area contributed by atoms with Crippen molar-refractivity contribution in [2.24, 2.45) is 0 Å². The Labute approximate surface area is 133 Å². The molecule has 2 aromatic rings. The van der Waals surface area contributed by atoms with Crippen molar-refractivity contribution in [1.29, 1.82) is 0 Å². The second-order valence-corrected chi connectivity index (χ2v) is 6.20. The molecule has 1 unspecified atom stereocenters. The molecule has 0 bridgehead atoms. The molecule has 0 aromatic carbocycles. The highest BCUT2D eigenvalue weighted by Gasteiger charge is 2.24. The maximum absolute atomic E-state index is 5.61. The Morgan fingerprint density at radius 1 is 1.43 bits per heavy atom. The van der Waals surface area contributed by atoms with Gasteiger partial charge in [-0.25, -0.2) is 9.97 Å². The molecule has 21 heavy (non-hydrogen) atoms. The van der Waals surface area contributed by atoms with Gasteiger partial charge in [-0.05, 0) is 53.5 Å². The predicted molar refractivity (Wildman–Crippen MR) is 85.1 cm³/mol. The zero-order valence-corrected chi connectivity index (χ0v) is 13.7. The maximum atomic E-state index is 5.61. The number of hydrogen-bond acceptors (Lipinski definition) is 5. The van der Waals surface area contributed by atoms with Gasteiger partial charge in [-0.15, -0.1) is 0 Å². The third kappa shape index (κ3) is 3.63. The third-order valence-electron chi connectivity index (χ3n) is 3.96. The fourth-order valence-electron chi connectivity index (χ4n) is 2.83. The van der Waals surface area contributed by atoms with Gasteiger partial charge in [0, 0.05) is 25.8 Å². The fraction of sp³-hybridized carbons (Fsp3) is 0.467. The van der Waals surface area contributed by atoms with Crippen LogP contribution in [0.25, 0.3) is 0 Å². The summed E-state index contributed by atoms with van der Waals surface area (Å²) < 4.78 is 6.40. The summed E-state index contributed by atoms with van der Waals surface area (Å²) in [4.78, 5) is 13.0. The summed E-state index contributed by atoms with van der Waals surface area (Å²) in [6.45, 7) is 3.00. The lowest BCUT2D eigenvalue weighted by atomic mass is 10.0. The number of likely N-dealkylation sites (tertiary alicyclic amines) is 1. The van der Waals surface area contributed by atoms with Crippen molar-refractivity contribution < 1.29 is 4.42 Å². The van der Waals surface area contributed by atoms with Crippen molar-refractivity contribution in [3.63, 3.8) is 0 Å². The highest BCUT2D eigenvalue weighted by atomic mass is 79.9. The Morgan fingerprint density at radius 2 is 2.33 bits per heavy atom. The van der Waals surface area contributed by atoms with Gasteiger partial charge in [0.2, 0.25) is 0 Å². The molecule has 0 amide bonds. The molecule has 3 heterocycles. The van der Waals surface area contributed by atoms with E-state index in [1.54, 1.807) is 12.5 Å². The van der Waals surface area contributed by atoms with E-state index in [9.17, 15) is 0 Å². The van der Waals surface area contributed by atoms with Crippen molar-refractivity contribution in [2.75, 3.05) is 25.0 Å². The topological polar surface area (TPSA) is 45.4 Å². The molecule has 3 rings (SSSR count). The maximum Gasteiger partial charge on any atom is 0.169 e. The minimum Gasteiger partial charge on any atom is -0.453 e. The van der Waals surface area contributed by atoms with Gasteiger partial charge in [0.1, 0.15) is 17.9 Å². The lowest BCUT2D eigenvalue weighted by Gasteiger charge is -2.37. The van der Waals surface area contributed by atoms with Gasteiger partial charge >= 0.3 is 0 Å². The number of nitrogens with zero attached hydrogens (tertiary/aromatic N) is 4. The van der Waals surface area contributed by atoms with E-state index < -0.39 is 0 Å². The fourth-order valence-corrected chi connectivity index (χ4v) is 3.17. The molecular weight excluding hydrogens is 332 g/mol. The number of rotatable bonds is 4. The van der Waals surface area contributed by atoms with E-state index in [0.717, 1.165) is 35.9 Å². The van der Waals surface area contributed by atoms with E-state index in [4.69, 9.17) is 4.42 Å². The van der Waals surface area contributed by atoms with Gasteiger partial charge in [0.05, 0.1) is 6.54 Å². The normalized spacial score (nSPS) is 19.6. The van der Waals surface area contributed by atoms with E-state index in [0.29, 0.717) is 6.04 Å². The first-order chi connectivity index (χ1) is 10.2. The van der Waals surface area contributed by atoms with E-state index in [-0.39, 0.29) is 0 Å². The number of aromatic nitrogens is 2. The summed E-state index contributed by atoms with van der Waals surface area (Å²) in [5.74, 6) is 1.99. The summed E-state index contributed by atoms with van der Waals surface area (Å²) >= 11 is 3.36. The highest BCUT2D eigenvalue weighted by molar-refractivity contribution is 9.10. The van der Waals surface area contributed by atoms with Crippen LogP contribution < -0.4 is 4.90 Å². The number of piperidine rings is 1. The van der Waals surface area contributed by atoms with Crippen LogP contribution in [0, 0.1) is 0 Å². The van der Waals surface area contributed by atoms with Gasteiger partial charge in [0.15, 0.2) is 4.67 Å². The first kappa shape index (κ1) is 14.5. The third-order valence-corrected chi connectivity index (χ3v) is 4.39. The number of halogens is 1. The molecule has 1 atom stereocenters. The molecule has 1 saturated heterocycles. The largest absolute Gasteiger partial charge is 0.453 e. The van der Waals surface area contributed by atoms with Gasteiger partial charge in [-0.2, -0.15) is 0 Å². The lowest BCUT2D eigenvalue weighted by molar-refractivity contribution is 0.184. The molecule has 0 saturated carbocycles. The number of likely N-dealkylation sites (N-methyl/N-ethyl adjacent to an activating group) is 1. The van der Waals surface area contributed by atoms with E-state index in [1.165, 1.54) is 12.8 Å². The minimum atomic E-state index is 0.479. The van der Waals surface area contributed by atoms with E-state index >= 15 is 0 Å². The predicted octanol–water partition coefficient (Wildman–Crippen LogP) is 2.93. The zero-order valence-electron chi connectivity index (χ0n) is 12.1. The summed E-state index contributed by atoms with van der Waals surface area (Å²) in [6, 6.07) is 6.42. The summed E-state index contributed by atoms with van der Waals surface area (Å²) in [5.41, 5.74) is 0. The van der Waals surface area contributed by atoms with Crippen molar-refractivity contribution in [3.8, 4) is 0 Å². The minimum absolute atomic E-state index is 0.479. The second-order valence-electron chi connectivity index (χ2n) is 5.42. The van der Waals surface area contributed by atoms with Crippen LogP contribution in [-0.2, 0) is 6.54 Å². The summed E-state index contributed by atoms with van der Waals surface area (Å²) in [7, 11) is 2.11. The van der Waals surface area contributed by atoms with Crippen molar-refractivity contribution in [2.45, 2.75) is 25.4 Å². The summed E-state index contributed by atoms with van der Waals surface area (Å²) in [5, 5.41) is 0. The van der Waals surface area contributed by atoms with Crippen LogP contribution in [-0.4, -0.2) is 41.0 Å². The first-order valence-corrected chi connectivity index (χ1v) is 7.97. The number of hydrogen-bond donors (Lipinski definition) is 0. The monoisotopic (exact) mass is 350 g/mol. The molecule has 0 spiro atoms. The standard InChI is InChI=1S/C15H19BrN4O/c1-19(15-6-7-17-11-18-15)12-3-2-8-20(9-12)10-13-4-5-14(16)21-13/h4-7,11-12H,2-3,8-10H2,1H3. The van der Waals surface area contributed by atoms with Gasteiger partial charge in [-0.3, -0.25) is 4.90 Å². The Kier molecular flexibility index (Phi) is 4.55. The van der Waals surface area contributed by atoms with Crippen LogP contribution >= 0.6 is 15.9 Å². The average Bonchev–Trinajstić information content (AvgIpc) is 2.93. The van der Waals surface area contributed by atoms with Crippen molar-refractivity contribution >= 4 is 21.7 Å². The van der Waals surface area contributed by atoms with Crippen LogP contribution in [0.2, 0.25) is 0 Å². The number of anilines is 1. The van der Waals surface area contributed by atoms with Crippen LogP contribution in [0.3, 0.4) is 0 Å². The molecule has 1 aliphatic heterocycles. The van der Waals surface area contributed by atoms with E-state index in [1.807, 2.05) is 18.2 Å². The van der Waals surface area contributed by atoms with Crippen molar-refractivity contribution in [3.05, 3.63) is 41.2 Å². The number of furan rings is 1. The smallest absolute Gasteiger partial charge is 0.169 e. The molecule has 1 aliphatic rings. The van der Waals surface area contributed by atoms with Crippen LogP contribution in [0.4, 0.5) is 5.82 Å². The van der Waals surface area contributed by atoms with Crippen LogP contribution in [0.5, 0.6) is 0 Å². The molecule has 2 aromatic heterocycles. The quantitative estimate of drug-likeness (QED) is 0.848. The van der Waals surface area contributed by atoms with Gasteiger partial charge in [-0.1, -0.05) is 0 Å². The SMILES string of the molecule is CN(c1ccncn1)C1CCCN(Cc2ccc(Br)o2)C1. The Bertz CT molecular complexity index is 574. The lowest BCUT2D eigenvalue weighted by Crippen LogP contribution is -2.46. The molecule has 0 N–H and O–H groups in total. The molecular formula is C15H19BrN4O. The molecule has 0 aliphatic carbocycles. The highest BCUT2D eigenvalue weighted by Crippen LogP contribution is 2.22. The molecule has 1 fully saturated rings. The Balaban J connectivity index is 1.63. The zero-order chi connectivity index (χ0) is 14.7. The molecule has 6 heteroatoms. The second kappa shape index (κ2) is 6.58. The van der Waals surface area contributed by atoms with E-state index in [2.05, 4.69) is 42.7 Å². The van der Waals surface area contributed by atoms with Gasteiger partial charge < -0.3 is 9.32 Å². The Morgan fingerprint density at radius 3 is 3.05 bits per heavy atom. The molecule has 5 nitrogen and oxygen atoms in total. The van der Waals surface area contributed by atoms with Crippen molar-refractivity contribution in [1.82, 2.24) is 14.9 Å². The summed E-state index contributed by atoms with van der Waals surface area (Å²) in [6.07, 6.45) is 5.79.